The monoisotopic (exact) mass is 317 g/mol. The number of nitrogens with zero attached hydrogens (tertiary/aromatic N) is 1. The van der Waals surface area contributed by atoms with E-state index in [2.05, 4.69) is 25.9 Å². The van der Waals surface area contributed by atoms with E-state index in [9.17, 15) is 10.0 Å². The average Bonchev–Trinajstić information content (AvgIpc) is 2.75. The normalized spacial score (nSPS) is 27.0. The Bertz CT molecular complexity index is 648. The molecule has 0 spiro atoms. The smallest absolute Gasteiger partial charge is 0.312 e. The molecule has 1 N–H and O–H groups in total. The summed E-state index contributed by atoms with van der Waals surface area (Å²) in [7, 11) is 1.43. The number of rotatable bonds is 3. The zero-order valence-corrected chi connectivity index (χ0v) is 14.9. The number of benzene rings is 1. The van der Waals surface area contributed by atoms with Crippen LogP contribution in [0.5, 0.6) is 0 Å². The van der Waals surface area contributed by atoms with E-state index in [4.69, 9.17) is 4.74 Å². The van der Waals surface area contributed by atoms with E-state index in [1.165, 1.54) is 12.7 Å². The first-order valence-corrected chi connectivity index (χ1v) is 8.07. The Morgan fingerprint density at radius 2 is 1.91 bits per heavy atom. The maximum absolute atomic E-state index is 12.3. The van der Waals surface area contributed by atoms with Crippen LogP contribution in [-0.2, 0) is 9.53 Å². The highest BCUT2D eigenvalue weighted by Crippen LogP contribution is 2.57. The molecule has 0 saturated heterocycles. The van der Waals surface area contributed by atoms with Crippen molar-refractivity contribution in [3.05, 3.63) is 34.9 Å². The number of oxime groups is 1. The van der Waals surface area contributed by atoms with Gasteiger partial charge >= 0.3 is 5.97 Å². The average molecular weight is 317 g/mol. The largest absolute Gasteiger partial charge is 0.469 e. The van der Waals surface area contributed by atoms with Gasteiger partial charge in [-0.15, -0.1) is 0 Å². The minimum Gasteiger partial charge on any atom is -0.469 e. The van der Waals surface area contributed by atoms with Gasteiger partial charge < -0.3 is 9.94 Å². The molecule has 1 aliphatic carbocycles. The van der Waals surface area contributed by atoms with Gasteiger partial charge in [0.2, 0.25) is 0 Å². The van der Waals surface area contributed by atoms with Crippen LogP contribution < -0.4 is 0 Å². The molecule has 23 heavy (non-hydrogen) atoms. The first-order valence-electron chi connectivity index (χ1n) is 8.07. The van der Waals surface area contributed by atoms with Crippen molar-refractivity contribution < 1.29 is 14.7 Å². The van der Waals surface area contributed by atoms with Gasteiger partial charge in [-0.25, -0.2) is 0 Å². The lowest BCUT2D eigenvalue weighted by atomic mass is 9.64. The van der Waals surface area contributed by atoms with Crippen LogP contribution in [0.2, 0.25) is 0 Å². The van der Waals surface area contributed by atoms with E-state index in [-0.39, 0.29) is 17.3 Å². The van der Waals surface area contributed by atoms with Crippen molar-refractivity contribution in [3.63, 3.8) is 0 Å². The van der Waals surface area contributed by atoms with Gasteiger partial charge in [0.05, 0.1) is 18.2 Å². The fraction of sp³-hybridized carbons (Fsp3) is 0.579. The number of carbonyl (C=O) groups excluding carboxylic acids is 1. The summed E-state index contributed by atoms with van der Waals surface area (Å²) >= 11 is 0. The van der Waals surface area contributed by atoms with Crippen molar-refractivity contribution in [2.24, 2.45) is 21.9 Å². The lowest BCUT2D eigenvalue weighted by Gasteiger charge is -2.39. The van der Waals surface area contributed by atoms with Crippen molar-refractivity contribution in [1.82, 2.24) is 0 Å². The molecule has 1 aliphatic rings. The standard InChI is InChI=1S/C19H27NO3/c1-12-7-8-14(11-13(12)2)16(20-22)15-9-10-19(5,17(21)23-6)18(15,3)4/h7-8,11,15,22H,9-10H2,1-6H3/b20-16+. The van der Waals surface area contributed by atoms with Crippen LogP contribution in [0.4, 0.5) is 0 Å². The third-order valence-electron chi connectivity index (χ3n) is 6.10. The Kier molecular flexibility index (Phi) is 4.56. The first-order chi connectivity index (χ1) is 10.7. The first kappa shape index (κ1) is 17.5. The summed E-state index contributed by atoms with van der Waals surface area (Å²) < 4.78 is 5.03. The molecule has 126 valence electrons. The van der Waals surface area contributed by atoms with E-state index in [0.29, 0.717) is 5.71 Å². The molecule has 1 saturated carbocycles. The van der Waals surface area contributed by atoms with Crippen molar-refractivity contribution in [2.75, 3.05) is 7.11 Å². The summed E-state index contributed by atoms with van der Waals surface area (Å²) in [6.45, 7) is 10.2. The second-order valence-electron chi connectivity index (χ2n) is 7.42. The molecule has 0 aromatic heterocycles. The molecule has 4 nitrogen and oxygen atoms in total. The topological polar surface area (TPSA) is 58.9 Å². The van der Waals surface area contributed by atoms with Crippen LogP contribution in [-0.4, -0.2) is 24.0 Å². The van der Waals surface area contributed by atoms with E-state index in [1.807, 2.05) is 32.0 Å². The van der Waals surface area contributed by atoms with Crippen LogP contribution in [0, 0.1) is 30.6 Å². The van der Waals surface area contributed by atoms with Gasteiger partial charge in [0.1, 0.15) is 0 Å². The molecule has 0 aliphatic heterocycles. The molecule has 0 bridgehead atoms. The zero-order chi connectivity index (χ0) is 17.4. The van der Waals surface area contributed by atoms with E-state index < -0.39 is 5.41 Å². The Balaban J connectivity index is 2.44. The third kappa shape index (κ3) is 2.64. The number of hydrogen-bond donors (Lipinski definition) is 1. The van der Waals surface area contributed by atoms with Crippen LogP contribution in [0.3, 0.4) is 0 Å². The molecule has 4 heteroatoms. The highest BCUT2D eigenvalue weighted by atomic mass is 16.5. The molecule has 1 aromatic rings. The van der Waals surface area contributed by atoms with Crippen LogP contribution in [0.1, 0.15) is 50.3 Å². The Labute approximate surface area is 138 Å². The molecule has 2 unspecified atom stereocenters. The fourth-order valence-corrected chi connectivity index (χ4v) is 3.80. The summed E-state index contributed by atoms with van der Waals surface area (Å²) in [5.74, 6) is -0.193. The summed E-state index contributed by atoms with van der Waals surface area (Å²) in [5, 5.41) is 13.3. The molecule has 1 fully saturated rings. The summed E-state index contributed by atoms with van der Waals surface area (Å²) in [6, 6.07) is 6.08. The van der Waals surface area contributed by atoms with Crippen molar-refractivity contribution >= 4 is 11.7 Å². The number of esters is 1. The number of ether oxygens (including phenoxy) is 1. The van der Waals surface area contributed by atoms with Crippen LogP contribution in [0.15, 0.2) is 23.4 Å². The minimum atomic E-state index is -0.581. The summed E-state index contributed by atoms with van der Waals surface area (Å²) in [5.41, 5.74) is 3.00. The quantitative estimate of drug-likeness (QED) is 0.395. The Morgan fingerprint density at radius 3 is 2.43 bits per heavy atom. The number of hydrogen-bond acceptors (Lipinski definition) is 4. The molecular formula is C19H27NO3. The predicted molar refractivity (Wildman–Crippen MR) is 90.9 cm³/mol. The lowest BCUT2D eigenvalue weighted by Crippen LogP contribution is -2.43. The maximum Gasteiger partial charge on any atom is 0.312 e. The second kappa shape index (κ2) is 5.99. The molecule has 2 rings (SSSR count). The van der Waals surface area contributed by atoms with Gasteiger partial charge in [-0.2, -0.15) is 0 Å². The van der Waals surface area contributed by atoms with Gasteiger partial charge in [-0.1, -0.05) is 31.1 Å². The van der Waals surface area contributed by atoms with Gasteiger partial charge in [0, 0.05) is 5.92 Å². The second-order valence-corrected chi connectivity index (χ2v) is 7.42. The number of aryl methyl sites for hydroxylation is 2. The number of carbonyl (C=O) groups is 1. The highest BCUT2D eigenvalue weighted by Gasteiger charge is 2.58. The van der Waals surface area contributed by atoms with Gasteiger partial charge in [-0.3, -0.25) is 4.79 Å². The Hall–Kier alpha value is -1.84. The van der Waals surface area contributed by atoms with Crippen molar-refractivity contribution in [2.45, 2.75) is 47.5 Å². The fourth-order valence-electron chi connectivity index (χ4n) is 3.80. The van der Waals surface area contributed by atoms with Gasteiger partial charge in [0.25, 0.3) is 0 Å². The van der Waals surface area contributed by atoms with Crippen molar-refractivity contribution in [1.29, 1.82) is 0 Å². The highest BCUT2D eigenvalue weighted by molar-refractivity contribution is 6.03. The molecule has 0 amide bonds. The Morgan fingerprint density at radius 1 is 1.26 bits per heavy atom. The minimum absolute atomic E-state index is 0.00120. The van der Waals surface area contributed by atoms with E-state index in [0.717, 1.165) is 24.0 Å². The predicted octanol–water partition coefficient (Wildman–Crippen LogP) is 4.10. The summed E-state index contributed by atoms with van der Waals surface area (Å²) in [4.78, 5) is 12.3. The van der Waals surface area contributed by atoms with Crippen LogP contribution in [0.25, 0.3) is 0 Å². The van der Waals surface area contributed by atoms with Crippen molar-refractivity contribution in [3.8, 4) is 0 Å². The lowest BCUT2D eigenvalue weighted by molar-refractivity contribution is -0.157. The molecule has 0 heterocycles. The molecular weight excluding hydrogens is 290 g/mol. The van der Waals surface area contributed by atoms with E-state index >= 15 is 0 Å². The maximum atomic E-state index is 12.3. The zero-order valence-electron chi connectivity index (χ0n) is 14.9. The van der Waals surface area contributed by atoms with Crippen LogP contribution >= 0.6 is 0 Å². The van der Waals surface area contributed by atoms with Gasteiger partial charge in [0.15, 0.2) is 0 Å². The SMILES string of the molecule is COC(=O)C1(C)CCC(/C(=N/O)c2ccc(C)c(C)c2)C1(C)C. The van der Waals surface area contributed by atoms with Gasteiger partial charge in [-0.05, 0) is 61.8 Å². The molecule has 0 radical (unpaired) electrons. The third-order valence-corrected chi connectivity index (χ3v) is 6.10. The summed E-state index contributed by atoms with van der Waals surface area (Å²) in [6.07, 6.45) is 1.52. The number of methoxy groups -OCH3 is 1. The molecule has 1 aromatic carbocycles. The van der Waals surface area contributed by atoms with E-state index in [1.54, 1.807) is 0 Å². The molecule has 2 atom stereocenters.